The minimum absolute atomic E-state index is 0.0259. The Bertz CT molecular complexity index is 840. The van der Waals surface area contributed by atoms with Crippen LogP contribution < -0.4 is 10.6 Å². The van der Waals surface area contributed by atoms with Gasteiger partial charge in [-0.15, -0.1) is 11.3 Å². The molecule has 2 N–H and O–H groups in total. The van der Waals surface area contributed by atoms with Crippen molar-refractivity contribution >= 4 is 28.8 Å². The predicted octanol–water partition coefficient (Wildman–Crippen LogP) is 4.00. The molecular weight excluding hydrogens is 332 g/mol. The molecular formula is C20H22N2O2S. The maximum atomic E-state index is 12.7. The summed E-state index contributed by atoms with van der Waals surface area (Å²) in [4.78, 5) is 25.6. The number of carbonyl (C=O) groups excluding carboxylic acids is 2. The van der Waals surface area contributed by atoms with Gasteiger partial charge >= 0.3 is 0 Å². The van der Waals surface area contributed by atoms with Gasteiger partial charge in [-0.25, -0.2) is 0 Å². The zero-order valence-electron chi connectivity index (χ0n) is 14.4. The van der Waals surface area contributed by atoms with Crippen molar-refractivity contribution in [1.29, 1.82) is 0 Å². The second-order valence-electron chi connectivity index (χ2n) is 6.92. The second-order valence-corrected chi connectivity index (χ2v) is 7.88. The third kappa shape index (κ3) is 3.21. The Morgan fingerprint density at radius 1 is 1.20 bits per heavy atom. The summed E-state index contributed by atoms with van der Waals surface area (Å²) >= 11 is 1.72. The molecule has 2 amide bonds. The van der Waals surface area contributed by atoms with Crippen molar-refractivity contribution in [2.24, 2.45) is 0 Å². The zero-order valence-corrected chi connectivity index (χ0v) is 15.2. The number of hydrogen-bond donors (Lipinski definition) is 2. The normalized spacial score (nSPS) is 17.2. The summed E-state index contributed by atoms with van der Waals surface area (Å²) < 4.78 is 0. The van der Waals surface area contributed by atoms with Gasteiger partial charge in [0.2, 0.25) is 5.91 Å². The van der Waals surface area contributed by atoms with Crippen LogP contribution in [-0.4, -0.2) is 11.8 Å². The quantitative estimate of drug-likeness (QED) is 0.875. The molecule has 2 aromatic rings. The Hall–Kier alpha value is -2.14. The van der Waals surface area contributed by atoms with E-state index in [0.29, 0.717) is 6.42 Å². The van der Waals surface area contributed by atoms with Gasteiger partial charge in [-0.3, -0.25) is 9.59 Å². The Kier molecular flexibility index (Phi) is 4.34. The zero-order chi connectivity index (χ0) is 17.4. The van der Waals surface area contributed by atoms with E-state index in [2.05, 4.69) is 16.7 Å². The summed E-state index contributed by atoms with van der Waals surface area (Å²) in [5, 5.41) is 8.06. The molecule has 0 saturated carbocycles. The minimum Gasteiger partial charge on any atom is -0.345 e. The lowest BCUT2D eigenvalue weighted by Crippen LogP contribution is -2.28. The lowest BCUT2D eigenvalue weighted by Gasteiger charge is -2.21. The van der Waals surface area contributed by atoms with E-state index in [1.807, 2.05) is 24.4 Å². The van der Waals surface area contributed by atoms with Crippen molar-refractivity contribution in [3.05, 3.63) is 50.7 Å². The van der Waals surface area contributed by atoms with Gasteiger partial charge in [-0.05, 0) is 61.8 Å². The highest BCUT2D eigenvalue weighted by Gasteiger charge is 2.22. The standard InChI is InChI=1S/C20H22N2O2S/c1-12(13-6-8-17-14(10-13)7-9-19(23)22-17)21-20(24)16-11-25-18-5-3-2-4-15(16)18/h6,8,10-12H,2-5,7,9H2,1H3,(H,21,24)(H,22,23). The van der Waals surface area contributed by atoms with E-state index in [1.165, 1.54) is 23.3 Å². The van der Waals surface area contributed by atoms with Crippen molar-refractivity contribution in [2.45, 2.75) is 51.5 Å². The number of hydrogen-bond acceptors (Lipinski definition) is 3. The van der Waals surface area contributed by atoms with Crippen molar-refractivity contribution in [3.8, 4) is 0 Å². The fraction of sp³-hybridized carbons (Fsp3) is 0.400. The van der Waals surface area contributed by atoms with E-state index in [9.17, 15) is 9.59 Å². The second kappa shape index (κ2) is 6.64. The van der Waals surface area contributed by atoms with Crippen LogP contribution in [0.4, 0.5) is 5.69 Å². The molecule has 1 aliphatic carbocycles. The fourth-order valence-corrected chi connectivity index (χ4v) is 4.84. The maximum Gasteiger partial charge on any atom is 0.252 e. The van der Waals surface area contributed by atoms with Crippen LogP contribution in [0.25, 0.3) is 0 Å². The van der Waals surface area contributed by atoms with Crippen molar-refractivity contribution in [1.82, 2.24) is 5.32 Å². The first-order chi connectivity index (χ1) is 12.1. The molecule has 0 saturated heterocycles. The lowest BCUT2D eigenvalue weighted by atomic mass is 9.95. The van der Waals surface area contributed by atoms with E-state index in [4.69, 9.17) is 0 Å². The Morgan fingerprint density at radius 2 is 2.04 bits per heavy atom. The van der Waals surface area contributed by atoms with Crippen LogP contribution in [0, 0.1) is 0 Å². The third-order valence-electron chi connectivity index (χ3n) is 5.18. The number of anilines is 1. The van der Waals surface area contributed by atoms with Crippen molar-refractivity contribution in [2.75, 3.05) is 5.32 Å². The van der Waals surface area contributed by atoms with Crippen molar-refractivity contribution < 1.29 is 9.59 Å². The highest BCUT2D eigenvalue weighted by atomic mass is 32.1. The number of aryl methyl sites for hydroxylation is 2. The first-order valence-corrected chi connectivity index (χ1v) is 9.82. The smallest absolute Gasteiger partial charge is 0.252 e. The van der Waals surface area contributed by atoms with Gasteiger partial charge in [0.05, 0.1) is 11.6 Å². The summed E-state index contributed by atoms with van der Waals surface area (Å²) in [7, 11) is 0. The van der Waals surface area contributed by atoms with Gasteiger partial charge in [0, 0.05) is 22.4 Å². The molecule has 1 unspecified atom stereocenters. The van der Waals surface area contributed by atoms with Crippen LogP contribution >= 0.6 is 11.3 Å². The van der Waals surface area contributed by atoms with E-state index in [0.717, 1.165) is 41.6 Å². The first-order valence-electron chi connectivity index (χ1n) is 8.94. The van der Waals surface area contributed by atoms with Gasteiger partial charge in [0.25, 0.3) is 5.91 Å². The lowest BCUT2D eigenvalue weighted by molar-refractivity contribution is -0.116. The summed E-state index contributed by atoms with van der Waals surface area (Å²) in [6, 6.07) is 5.97. The van der Waals surface area contributed by atoms with Crippen LogP contribution in [0.5, 0.6) is 0 Å². The number of thiophene rings is 1. The highest BCUT2D eigenvalue weighted by molar-refractivity contribution is 7.10. The van der Waals surface area contributed by atoms with Gasteiger partial charge in [0.1, 0.15) is 0 Å². The Labute approximate surface area is 151 Å². The van der Waals surface area contributed by atoms with Crippen LogP contribution in [0.2, 0.25) is 0 Å². The van der Waals surface area contributed by atoms with Crippen LogP contribution in [0.3, 0.4) is 0 Å². The van der Waals surface area contributed by atoms with E-state index < -0.39 is 0 Å². The predicted molar refractivity (Wildman–Crippen MR) is 100 cm³/mol. The molecule has 0 spiro atoms. The highest BCUT2D eigenvalue weighted by Crippen LogP contribution is 2.31. The number of nitrogens with one attached hydrogen (secondary N) is 2. The molecule has 4 nitrogen and oxygen atoms in total. The number of amides is 2. The van der Waals surface area contributed by atoms with E-state index in [1.54, 1.807) is 11.3 Å². The van der Waals surface area contributed by atoms with E-state index >= 15 is 0 Å². The molecule has 1 atom stereocenters. The Morgan fingerprint density at radius 3 is 2.92 bits per heavy atom. The monoisotopic (exact) mass is 354 g/mol. The summed E-state index contributed by atoms with van der Waals surface area (Å²) in [5.41, 5.74) is 5.23. The molecule has 0 fully saturated rings. The third-order valence-corrected chi connectivity index (χ3v) is 6.27. The first kappa shape index (κ1) is 16.3. The minimum atomic E-state index is -0.0606. The molecule has 1 aliphatic heterocycles. The van der Waals surface area contributed by atoms with Gasteiger partial charge < -0.3 is 10.6 Å². The van der Waals surface area contributed by atoms with Gasteiger partial charge in [-0.1, -0.05) is 12.1 Å². The number of benzene rings is 1. The largest absolute Gasteiger partial charge is 0.345 e. The van der Waals surface area contributed by atoms with Gasteiger partial charge in [-0.2, -0.15) is 0 Å². The number of rotatable bonds is 3. The molecule has 130 valence electrons. The summed E-state index contributed by atoms with van der Waals surface area (Å²) in [6.45, 7) is 2.01. The summed E-state index contributed by atoms with van der Waals surface area (Å²) in [6.07, 6.45) is 5.83. The van der Waals surface area contributed by atoms with Gasteiger partial charge in [0.15, 0.2) is 0 Å². The van der Waals surface area contributed by atoms with Crippen LogP contribution in [0.15, 0.2) is 23.6 Å². The topological polar surface area (TPSA) is 58.2 Å². The number of carbonyl (C=O) groups is 2. The van der Waals surface area contributed by atoms with Crippen molar-refractivity contribution in [3.63, 3.8) is 0 Å². The molecule has 2 heterocycles. The average Bonchev–Trinajstić information content (AvgIpc) is 3.05. The summed E-state index contributed by atoms with van der Waals surface area (Å²) in [5.74, 6) is 0.0988. The van der Waals surface area contributed by atoms with Crippen LogP contribution in [-0.2, 0) is 24.1 Å². The molecule has 25 heavy (non-hydrogen) atoms. The molecule has 0 radical (unpaired) electrons. The maximum absolute atomic E-state index is 12.7. The Balaban J connectivity index is 1.50. The fourth-order valence-electron chi connectivity index (χ4n) is 3.71. The molecule has 5 heteroatoms. The molecule has 0 bridgehead atoms. The average molecular weight is 354 g/mol. The molecule has 1 aromatic heterocycles. The van der Waals surface area contributed by atoms with Crippen LogP contribution in [0.1, 0.15) is 64.2 Å². The number of fused-ring (bicyclic) bond motifs is 2. The molecule has 4 rings (SSSR count). The SMILES string of the molecule is CC(NC(=O)c1csc2c1CCCC2)c1ccc2c(c1)CCC(=O)N2. The van der Waals surface area contributed by atoms with E-state index in [-0.39, 0.29) is 17.9 Å². The molecule has 1 aromatic carbocycles. The molecule has 2 aliphatic rings.